The predicted octanol–water partition coefficient (Wildman–Crippen LogP) is 1.98. The molecule has 1 unspecified atom stereocenters. The number of hydrogen-bond acceptors (Lipinski definition) is 3. The highest BCUT2D eigenvalue weighted by Crippen LogP contribution is 2.17. The van der Waals surface area contributed by atoms with Gasteiger partial charge in [0, 0.05) is 25.1 Å². The summed E-state index contributed by atoms with van der Waals surface area (Å²) in [7, 11) is 1.71. The molecule has 0 aliphatic heterocycles. The highest BCUT2D eigenvalue weighted by molar-refractivity contribution is 5.95. The molecule has 1 aromatic heterocycles. The number of carbonyl (C=O) groups excluding carboxylic acids is 1. The monoisotopic (exact) mass is 254 g/mol. The molecule has 5 heteroatoms. The number of anilines is 1. The molecule has 0 spiro atoms. The standard InChI is InChI=1S/C14H14N4O/c1-11(18-9-3-8-16-18)14(19)17(2)13-6-4-12(10-15)5-7-13/h3-9,11H,1-2H3. The van der Waals surface area contributed by atoms with E-state index in [1.54, 1.807) is 66.3 Å². The molecule has 0 aliphatic rings. The Kier molecular flexibility index (Phi) is 3.62. The van der Waals surface area contributed by atoms with E-state index in [4.69, 9.17) is 5.26 Å². The number of nitriles is 1. The summed E-state index contributed by atoms with van der Waals surface area (Å²) in [4.78, 5) is 13.9. The van der Waals surface area contributed by atoms with Gasteiger partial charge >= 0.3 is 0 Å². The van der Waals surface area contributed by atoms with Crippen molar-refractivity contribution in [3.05, 3.63) is 48.3 Å². The van der Waals surface area contributed by atoms with Crippen molar-refractivity contribution in [1.29, 1.82) is 5.26 Å². The Labute approximate surface area is 111 Å². The number of amides is 1. The summed E-state index contributed by atoms with van der Waals surface area (Å²) in [5.74, 6) is -0.0617. The first-order valence-electron chi connectivity index (χ1n) is 5.90. The van der Waals surface area contributed by atoms with E-state index < -0.39 is 0 Å². The van der Waals surface area contributed by atoms with Crippen molar-refractivity contribution < 1.29 is 4.79 Å². The van der Waals surface area contributed by atoms with Gasteiger partial charge in [-0.15, -0.1) is 0 Å². The van der Waals surface area contributed by atoms with E-state index in [0.717, 1.165) is 5.69 Å². The Balaban J connectivity index is 2.16. The lowest BCUT2D eigenvalue weighted by Gasteiger charge is -2.21. The van der Waals surface area contributed by atoms with E-state index in [2.05, 4.69) is 5.10 Å². The molecule has 19 heavy (non-hydrogen) atoms. The third kappa shape index (κ3) is 2.63. The molecule has 1 aromatic carbocycles. The molecule has 96 valence electrons. The fraction of sp³-hybridized carbons (Fsp3) is 0.214. The van der Waals surface area contributed by atoms with Crippen LogP contribution in [0.4, 0.5) is 5.69 Å². The van der Waals surface area contributed by atoms with Gasteiger partial charge in [0.2, 0.25) is 0 Å². The number of aromatic nitrogens is 2. The molecule has 0 saturated heterocycles. The molecule has 0 N–H and O–H groups in total. The lowest BCUT2D eigenvalue weighted by atomic mass is 10.2. The van der Waals surface area contributed by atoms with Crippen LogP contribution in [0.15, 0.2) is 42.7 Å². The van der Waals surface area contributed by atoms with Gasteiger partial charge in [-0.05, 0) is 37.3 Å². The van der Waals surface area contributed by atoms with Gasteiger partial charge in [-0.25, -0.2) is 0 Å². The summed E-state index contributed by atoms with van der Waals surface area (Å²) in [6.45, 7) is 1.80. The second-order valence-electron chi connectivity index (χ2n) is 4.22. The van der Waals surface area contributed by atoms with Crippen molar-refractivity contribution in [2.75, 3.05) is 11.9 Å². The zero-order valence-electron chi connectivity index (χ0n) is 10.8. The molecule has 5 nitrogen and oxygen atoms in total. The molecular formula is C14H14N4O. The Morgan fingerprint density at radius 2 is 2.11 bits per heavy atom. The topological polar surface area (TPSA) is 61.9 Å². The van der Waals surface area contributed by atoms with E-state index >= 15 is 0 Å². The van der Waals surface area contributed by atoms with Crippen LogP contribution < -0.4 is 4.90 Å². The van der Waals surface area contributed by atoms with Crippen LogP contribution >= 0.6 is 0 Å². The van der Waals surface area contributed by atoms with Gasteiger partial charge in [-0.2, -0.15) is 10.4 Å². The minimum atomic E-state index is -0.365. The summed E-state index contributed by atoms with van der Waals surface area (Å²) in [6.07, 6.45) is 3.40. The van der Waals surface area contributed by atoms with Gasteiger partial charge in [0.15, 0.2) is 0 Å². The van der Waals surface area contributed by atoms with Gasteiger partial charge in [0.1, 0.15) is 6.04 Å². The van der Waals surface area contributed by atoms with Gasteiger partial charge in [-0.3, -0.25) is 9.48 Å². The van der Waals surface area contributed by atoms with E-state index in [1.807, 2.05) is 6.07 Å². The molecule has 1 amide bonds. The fourth-order valence-corrected chi connectivity index (χ4v) is 1.79. The van der Waals surface area contributed by atoms with E-state index in [-0.39, 0.29) is 11.9 Å². The molecule has 1 atom stereocenters. The van der Waals surface area contributed by atoms with E-state index in [0.29, 0.717) is 5.56 Å². The van der Waals surface area contributed by atoms with Gasteiger partial charge in [0.05, 0.1) is 11.6 Å². The number of nitrogens with zero attached hydrogens (tertiary/aromatic N) is 4. The molecule has 0 saturated carbocycles. The Morgan fingerprint density at radius 3 is 2.63 bits per heavy atom. The number of benzene rings is 1. The number of carbonyl (C=O) groups is 1. The molecule has 2 aromatic rings. The average molecular weight is 254 g/mol. The largest absolute Gasteiger partial charge is 0.314 e. The van der Waals surface area contributed by atoms with Crippen molar-refractivity contribution >= 4 is 11.6 Å². The maximum atomic E-state index is 12.3. The average Bonchev–Trinajstić information content (AvgIpc) is 2.99. The zero-order valence-corrected chi connectivity index (χ0v) is 10.8. The van der Waals surface area contributed by atoms with Crippen LogP contribution in [-0.2, 0) is 4.79 Å². The van der Waals surface area contributed by atoms with Crippen LogP contribution in [0.1, 0.15) is 18.5 Å². The third-order valence-electron chi connectivity index (χ3n) is 2.99. The minimum Gasteiger partial charge on any atom is -0.314 e. The molecule has 0 bridgehead atoms. The smallest absolute Gasteiger partial charge is 0.251 e. The first kappa shape index (κ1) is 12.8. The summed E-state index contributed by atoms with van der Waals surface area (Å²) in [5.41, 5.74) is 1.33. The van der Waals surface area contributed by atoms with Crippen molar-refractivity contribution in [3.8, 4) is 6.07 Å². The minimum absolute atomic E-state index is 0.0617. The third-order valence-corrected chi connectivity index (χ3v) is 2.99. The van der Waals surface area contributed by atoms with E-state index in [1.165, 1.54) is 0 Å². The number of rotatable bonds is 3. The van der Waals surface area contributed by atoms with Crippen molar-refractivity contribution in [2.24, 2.45) is 0 Å². The second-order valence-corrected chi connectivity index (χ2v) is 4.22. The maximum absolute atomic E-state index is 12.3. The Bertz CT molecular complexity index is 595. The van der Waals surface area contributed by atoms with E-state index in [9.17, 15) is 4.79 Å². The summed E-state index contributed by atoms with van der Waals surface area (Å²) in [5, 5.41) is 12.8. The first-order chi connectivity index (χ1) is 9.13. The predicted molar refractivity (Wildman–Crippen MR) is 71.5 cm³/mol. The van der Waals surface area contributed by atoms with Crippen molar-refractivity contribution in [1.82, 2.24) is 9.78 Å². The lowest BCUT2D eigenvalue weighted by Crippen LogP contribution is -2.33. The van der Waals surface area contributed by atoms with Crippen molar-refractivity contribution in [2.45, 2.75) is 13.0 Å². The zero-order chi connectivity index (χ0) is 13.8. The molecule has 2 rings (SSSR count). The number of hydrogen-bond donors (Lipinski definition) is 0. The number of likely N-dealkylation sites (N-methyl/N-ethyl adjacent to an activating group) is 1. The summed E-state index contributed by atoms with van der Waals surface area (Å²) < 4.78 is 1.61. The van der Waals surface area contributed by atoms with Gasteiger partial charge in [0.25, 0.3) is 5.91 Å². The Hall–Kier alpha value is -2.61. The lowest BCUT2D eigenvalue weighted by molar-refractivity contribution is -0.121. The van der Waals surface area contributed by atoms with Crippen LogP contribution in [0, 0.1) is 11.3 Å². The van der Waals surface area contributed by atoms with Crippen LogP contribution in [0.3, 0.4) is 0 Å². The van der Waals surface area contributed by atoms with Crippen LogP contribution in [0.2, 0.25) is 0 Å². The first-order valence-corrected chi connectivity index (χ1v) is 5.90. The quantitative estimate of drug-likeness (QED) is 0.841. The van der Waals surface area contributed by atoms with Crippen LogP contribution in [-0.4, -0.2) is 22.7 Å². The SMILES string of the molecule is CC(C(=O)N(C)c1ccc(C#N)cc1)n1cccn1. The molecular weight excluding hydrogens is 240 g/mol. The molecule has 0 fully saturated rings. The van der Waals surface area contributed by atoms with Crippen molar-refractivity contribution in [3.63, 3.8) is 0 Å². The van der Waals surface area contributed by atoms with Crippen LogP contribution in [0.25, 0.3) is 0 Å². The van der Waals surface area contributed by atoms with Gasteiger partial charge in [-0.1, -0.05) is 0 Å². The normalized spacial score (nSPS) is 11.6. The van der Waals surface area contributed by atoms with Crippen LogP contribution in [0.5, 0.6) is 0 Å². The summed E-state index contributed by atoms with van der Waals surface area (Å²) >= 11 is 0. The maximum Gasteiger partial charge on any atom is 0.251 e. The van der Waals surface area contributed by atoms with Gasteiger partial charge < -0.3 is 4.90 Å². The molecule has 0 aliphatic carbocycles. The Morgan fingerprint density at radius 1 is 1.42 bits per heavy atom. The molecule has 1 heterocycles. The highest BCUT2D eigenvalue weighted by Gasteiger charge is 2.20. The second kappa shape index (κ2) is 5.36. The highest BCUT2D eigenvalue weighted by atomic mass is 16.2. The molecule has 0 radical (unpaired) electrons. The summed E-state index contributed by atoms with van der Waals surface area (Å²) in [6, 6.07) is 10.4. The fourth-order valence-electron chi connectivity index (χ4n) is 1.79.